The van der Waals surface area contributed by atoms with Crippen LogP contribution in [0, 0.1) is 11.8 Å². The highest BCUT2D eigenvalue weighted by Gasteiger charge is 2.31. The first kappa shape index (κ1) is 6.59. The molecule has 1 aliphatic carbocycles. The third kappa shape index (κ3) is 2.04. The summed E-state index contributed by atoms with van der Waals surface area (Å²) in [4.78, 5) is 10.4. The van der Waals surface area contributed by atoms with Gasteiger partial charge in [0.05, 0.1) is 0 Å². The molecule has 0 aromatic heterocycles. The van der Waals surface area contributed by atoms with Crippen LogP contribution in [0.2, 0.25) is 0 Å². The van der Waals surface area contributed by atoms with Gasteiger partial charge in [-0.15, -0.1) is 0 Å². The molecule has 2 atom stereocenters. The van der Waals surface area contributed by atoms with Gasteiger partial charge in [0, 0.05) is 13.5 Å². The maximum Gasteiger partial charge on any atom is 0.216 e. The lowest BCUT2D eigenvalue weighted by Crippen LogP contribution is -2.22. The Hall–Kier alpha value is -0.530. The van der Waals surface area contributed by atoms with Gasteiger partial charge in [-0.25, -0.2) is 0 Å². The molecular weight excluding hydrogens is 114 g/mol. The van der Waals surface area contributed by atoms with E-state index in [-0.39, 0.29) is 5.91 Å². The fourth-order valence-corrected chi connectivity index (χ4v) is 0.958. The molecule has 0 aromatic carbocycles. The lowest BCUT2D eigenvalue weighted by molar-refractivity contribution is -0.119. The maximum atomic E-state index is 10.4. The first-order valence-corrected chi connectivity index (χ1v) is 3.44. The summed E-state index contributed by atoms with van der Waals surface area (Å²) in [5.74, 6) is 1.71. The standard InChI is InChI=1S/C7H13NO/c1-5-3-7(5)4-8-6(2)9/h5,7H,3-4H2,1-2H3,(H,8,9). The molecule has 0 radical (unpaired) electrons. The van der Waals surface area contributed by atoms with Crippen molar-refractivity contribution in [2.24, 2.45) is 11.8 Å². The summed E-state index contributed by atoms with van der Waals surface area (Å²) in [7, 11) is 0. The quantitative estimate of drug-likeness (QED) is 0.583. The van der Waals surface area contributed by atoms with Crippen molar-refractivity contribution in [3.05, 3.63) is 0 Å². The van der Waals surface area contributed by atoms with E-state index in [1.807, 2.05) is 0 Å². The zero-order chi connectivity index (χ0) is 6.85. The molecule has 1 rings (SSSR count). The highest BCUT2D eigenvalue weighted by Crippen LogP contribution is 2.36. The van der Waals surface area contributed by atoms with Gasteiger partial charge in [-0.05, 0) is 18.3 Å². The molecule has 0 saturated heterocycles. The van der Waals surface area contributed by atoms with Crippen LogP contribution in [0.15, 0.2) is 0 Å². The largest absolute Gasteiger partial charge is 0.356 e. The predicted molar refractivity (Wildman–Crippen MR) is 36.0 cm³/mol. The van der Waals surface area contributed by atoms with Gasteiger partial charge >= 0.3 is 0 Å². The molecular formula is C7H13NO. The molecule has 2 nitrogen and oxygen atoms in total. The normalized spacial score (nSPS) is 31.8. The van der Waals surface area contributed by atoms with E-state index in [4.69, 9.17) is 0 Å². The Labute approximate surface area is 55.6 Å². The second-order valence-corrected chi connectivity index (χ2v) is 2.91. The fourth-order valence-electron chi connectivity index (χ4n) is 0.958. The Bertz CT molecular complexity index is 122. The third-order valence-electron chi connectivity index (χ3n) is 1.89. The minimum Gasteiger partial charge on any atom is -0.356 e. The van der Waals surface area contributed by atoms with E-state index in [0.29, 0.717) is 0 Å². The summed E-state index contributed by atoms with van der Waals surface area (Å²) in [5.41, 5.74) is 0. The molecule has 0 heterocycles. The minimum absolute atomic E-state index is 0.0918. The molecule has 1 N–H and O–H groups in total. The molecule has 52 valence electrons. The average Bonchev–Trinajstić information content (AvgIpc) is 2.42. The predicted octanol–water partition coefficient (Wildman–Crippen LogP) is 0.778. The van der Waals surface area contributed by atoms with Crippen LogP contribution in [0.25, 0.3) is 0 Å². The van der Waals surface area contributed by atoms with E-state index in [2.05, 4.69) is 12.2 Å². The van der Waals surface area contributed by atoms with Crippen LogP contribution >= 0.6 is 0 Å². The van der Waals surface area contributed by atoms with E-state index in [1.165, 1.54) is 6.42 Å². The van der Waals surface area contributed by atoms with Crippen LogP contribution < -0.4 is 5.32 Å². The molecule has 2 unspecified atom stereocenters. The smallest absolute Gasteiger partial charge is 0.216 e. The Morgan fingerprint density at radius 2 is 2.33 bits per heavy atom. The van der Waals surface area contributed by atoms with Gasteiger partial charge in [-0.3, -0.25) is 4.79 Å². The van der Waals surface area contributed by atoms with Gasteiger partial charge in [0.1, 0.15) is 0 Å². The summed E-state index contributed by atoms with van der Waals surface area (Å²) >= 11 is 0. The van der Waals surface area contributed by atoms with Crippen molar-refractivity contribution in [2.45, 2.75) is 20.3 Å². The molecule has 1 saturated carbocycles. The van der Waals surface area contributed by atoms with Gasteiger partial charge in [-0.2, -0.15) is 0 Å². The van der Waals surface area contributed by atoms with E-state index < -0.39 is 0 Å². The van der Waals surface area contributed by atoms with Crippen molar-refractivity contribution in [3.8, 4) is 0 Å². The zero-order valence-corrected chi connectivity index (χ0v) is 5.98. The van der Waals surface area contributed by atoms with Gasteiger partial charge in [0.2, 0.25) is 5.91 Å². The molecule has 1 amide bonds. The van der Waals surface area contributed by atoms with Crippen LogP contribution in [-0.4, -0.2) is 12.5 Å². The first-order valence-electron chi connectivity index (χ1n) is 3.44. The van der Waals surface area contributed by atoms with Crippen molar-refractivity contribution in [3.63, 3.8) is 0 Å². The topological polar surface area (TPSA) is 29.1 Å². The molecule has 1 fully saturated rings. The van der Waals surface area contributed by atoms with Crippen molar-refractivity contribution in [1.82, 2.24) is 5.32 Å². The van der Waals surface area contributed by atoms with Crippen molar-refractivity contribution < 1.29 is 4.79 Å². The molecule has 0 aromatic rings. The number of carbonyl (C=O) groups is 1. The van der Waals surface area contributed by atoms with Crippen molar-refractivity contribution in [1.29, 1.82) is 0 Å². The highest BCUT2D eigenvalue weighted by atomic mass is 16.1. The van der Waals surface area contributed by atoms with E-state index >= 15 is 0 Å². The second kappa shape index (κ2) is 2.38. The summed E-state index contributed by atoms with van der Waals surface area (Å²) in [5, 5.41) is 2.80. The van der Waals surface area contributed by atoms with E-state index in [9.17, 15) is 4.79 Å². The Balaban J connectivity index is 2.00. The van der Waals surface area contributed by atoms with Gasteiger partial charge in [0.25, 0.3) is 0 Å². The SMILES string of the molecule is CC(=O)NCC1CC1C. The summed E-state index contributed by atoms with van der Waals surface area (Å²) < 4.78 is 0. The number of hydrogen-bond donors (Lipinski definition) is 1. The monoisotopic (exact) mass is 127 g/mol. The molecule has 0 bridgehead atoms. The van der Waals surface area contributed by atoms with Gasteiger partial charge in [0.15, 0.2) is 0 Å². The van der Waals surface area contributed by atoms with Crippen LogP contribution in [-0.2, 0) is 4.79 Å². The molecule has 0 aliphatic heterocycles. The number of rotatable bonds is 2. The van der Waals surface area contributed by atoms with E-state index in [0.717, 1.165) is 18.4 Å². The summed E-state index contributed by atoms with van der Waals surface area (Å²) in [6.07, 6.45) is 1.29. The second-order valence-electron chi connectivity index (χ2n) is 2.91. The lowest BCUT2D eigenvalue weighted by Gasteiger charge is -1.97. The molecule has 1 aliphatic rings. The Morgan fingerprint density at radius 3 is 2.67 bits per heavy atom. The highest BCUT2D eigenvalue weighted by molar-refractivity contribution is 5.72. The zero-order valence-electron chi connectivity index (χ0n) is 5.98. The lowest BCUT2D eigenvalue weighted by atomic mass is 10.3. The average molecular weight is 127 g/mol. The number of nitrogens with one attached hydrogen (secondary N) is 1. The van der Waals surface area contributed by atoms with Crippen LogP contribution in [0.4, 0.5) is 0 Å². The van der Waals surface area contributed by atoms with Crippen molar-refractivity contribution in [2.75, 3.05) is 6.54 Å². The van der Waals surface area contributed by atoms with Gasteiger partial charge < -0.3 is 5.32 Å². The Morgan fingerprint density at radius 1 is 1.78 bits per heavy atom. The van der Waals surface area contributed by atoms with Crippen LogP contribution in [0.5, 0.6) is 0 Å². The molecule has 0 spiro atoms. The van der Waals surface area contributed by atoms with Crippen LogP contribution in [0.1, 0.15) is 20.3 Å². The number of carbonyl (C=O) groups excluding carboxylic acids is 1. The summed E-state index contributed by atoms with van der Waals surface area (Å²) in [6.45, 7) is 4.66. The van der Waals surface area contributed by atoms with Crippen LogP contribution in [0.3, 0.4) is 0 Å². The van der Waals surface area contributed by atoms with E-state index in [1.54, 1.807) is 6.92 Å². The molecule has 9 heavy (non-hydrogen) atoms. The molecule has 2 heteroatoms. The fraction of sp³-hybridized carbons (Fsp3) is 0.857. The van der Waals surface area contributed by atoms with Gasteiger partial charge in [-0.1, -0.05) is 6.92 Å². The number of amides is 1. The first-order chi connectivity index (χ1) is 4.20. The van der Waals surface area contributed by atoms with Crippen molar-refractivity contribution >= 4 is 5.91 Å². The summed E-state index contributed by atoms with van der Waals surface area (Å²) in [6, 6.07) is 0. The number of hydrogen-bond acceptors (Lipinski definition) is 1. The Kier molecular flexibility index (Phi) is 1.74. The minimum atomic E-state index is 0.0918. The third-order valence-corrected chi connectivity index (χ3v) is 1.89. The maximum absolute atomic E-state index is 10.4.